The highest BCUT2D eigenvalue weighted by Gasteiger charge is 2.24. The van der Waals surface area contributed by atoms with Crippen LogP contribution in [0.4, 0.5) is 10.1 Å². The van der Waals surface area contributed by atoms with E-state index in [2.05, 4.69) is 5.32 Å². The summed E-state index contributed by atoms with van der Waals surface area (Å²) in [6.07, 6.45) is 0.219. The molecule has 0 aliphatic carbocycles. The van der Waals surface area contributed by atoms with Gasteiger partial charge in [-0.2, -0.15) is 0 Å². The minimum absolute atomic E-state index is 0.0167. The zero-order chi connectivity index (χ0) is 17.8. The van der Waals surface area contributed by atoms with E-state index >= 15 is 0 Å². The van der Waals surface area contributed by atoms with Gasteiger partial charge in [0.2, 0.25) is 11.8 Å². The number of carbonyl (C=O) groups excluding carboxylic acids is 2. The van der Waals surface area contributed by atoms with Gasteiger partial charge >= 0.3 is 0 Å². The monoisotopic (exact) mass is 358 g/mol. The van der Waals surface area contributed by atoms with E-state index in [-0.39, 0.29) is 30.1 Å². The summed E-state index contributed by atoms with van der Waals surface area (Å²) in [5.41, 5.74) is 1.70. The molecule has 1 aliphatic rings. The van der Waals surface area contributed by atoms with E-state index in [0.29, 0.717) is 12.3 Å². The smallest absolute Gasteiger partial charge is 0.237 e. The lowest BCUT2D eigenvalue weighted by molar-refractivity contribution is -0.121. The Kier molecular flexibility index (Phi) is 5.38. The summed E-state index contributed by atoms with van der Waals surface area (Å²) in [7, 11) is 0. The SMILES string of the molecule is C[C@H](NC(=O)CCN1C(=O)CSc2ccccc21)c1ccc(F)cc1. The first kappa shape index (κ1) is 17.5. The van der Waals surface area contributed by atoms with Crippen LogP contribution < -0.4 is 10.2 Å². The third-order valence-corrected chi connectivity index (χ3v) is 5.17. The van der Waals surface area contributed by atoms with Crippen LogP contribution in [0.1, 0.15) is 24.9 Å². The van der Waals surface area contributed by atoms with Gasteiger partial charge in [0.1, 0.15) is 5.82 Å². The van der Waals surface area contributed by atoms with Crippen molar-refractivity contribution in [1.82, 2.24) is 5.32 Å². The van der Waals surface area contributed by atoms with Gasteiger partial charge in [0.25, 0.3) is 0 Å². The number of nitrogens with zero attached hydrogens (tertiary/aromatic N) is 1. The quantitative estimate of drug-likeness (QED) is 0.889. The molecular formula is C19H19FN2O2S. The van der Waals surface area contributed by atoms with Gasteiger partial charge in [-0.05, 0) is 36.8 Å². The molecule has 0 fully saturated rings. The second-order valence-electron chi connectivity index (χ2n) is 5.89. The van der Waals surface area contributed by atoms with Gasteiger partial charge in [0, 0.05) is 17.9 Å². The molecule has 0 spiro atoms. The Labute approximate surface area is 150 Å². The number of thioether (sulfide) groups is 1. The number of anilines is 1. The zero-order valence-electron chi connectivity index (χ0n) is 13.9. The molecule has 1 atom stereocenters. The Morgan fingerprint density at radius 2 is 1.96 bits per heavy atom. The largest absolute Gasteiger partial charge is 0.350 e. The number of fused-ring (bicyclic) bond motifs is 1. The lowest BCUT2D eigenvalue weighted by Gasteiger charge is -2.28. The first-order valence-electron chi connectivity index (χ1n) is 8.11. The number of halogens is 1. The molecule has 6 heteroatoms. The number of carbonyl (C=O) groups is 2. The second kappa shape index (κ2) is 7.70. The van der Waals surface area contributed by atoms with E-state index in [4.69, 9.17) is 0 Å². The molecular weight excluding hydrogens is 339 g/mol. The third-order valence-electron chi connectivity index (χ3n) is 4.12. The Morgan fingerprint density at radius 1 is 1.24 bits per heavy atom. The summed E-state index contributed by atoms with van der Waals surface area (Å²) in [6.45, 7) is 2.20. The molecule has 1 aliphatic heterocycles. The van der Waals surface area contributed by atoms with Crippen LogP contribution in [0.2, 0.25) is 0 Å². The molecule has 0 unspecified atom stereocenters. The average molecular weight is 358 g/mol. The van der Waals surface area contributed by atoms with Crippen LogP contribution in [0.5, 0.6) is 0 Å². The van der Waals surface area contributed by atoms with Crippen molar-refractivity contribution in [3.8, 4) is 0 Å². The van der Waals surface area contributed by atoms with Crippen molar-refractivity contribution < 1.29 is 14.0 Å². The molecule has 130 valence electrons. The maximum absolute atomic E-state index is 13.0. The fraction of sp³-hybridized carbons (Fsp3) is 0.263. The van der Waals surface area contributed by atoms with Gasteiger partial charge in [0.15, 0.2) is 0 Å². The summed E-state index contributed by atoms with van der Waals surface area (Å²) in [5, 5.41) is 2.89. The highest BCUT2D eigenvalue weighted by atomic mass is 32.2. The van der Waals surface area contributed by atoms with Crippen molar-refractivity contribution >= 4 is 29.3 Å². The predicted molar refractivity (Wildman–Crippen MR) is 97.1 cm³/mol. The van der Waals surface area contributed by atoms with Crippen molar-refractivity contribution in [3.63, 3.8) is 0 Å². The number of benzene rings is 2. The van der Waals surface area contributed by atoms with Crippen LogP contribution in [0.3, 0.4) is 0 Å². The molecule has 2 amide bonds. The summed E-state index contributed by atoms with van der Waals surface area (Å²) in [6, 6.07) is 13.6. The van der Waals surface area contributed by atoms with Crippen molar-refractivity contribution in [2.45, 2.75) is 24.3 Å². The molecule has 0 aromatic heterocycles. The fourth-order valence-electron chi connectivity index (χ4n) is 2.76. The molecule has 0 radical (unpaired) electrons. The van der Waals surface area contributed by atoms with Crippen molar-refractivity contribution in [3.05, 3.63) is 59.9 Å². The summed E-state index contributed by atoms with van der Waals surface area (Å²) in [4.78, 5) is 27.1. The van der Waals surface area contributed by atoms with Crippen LogP contribution in [0, 0.1) is 5.82 Å². The molecule has 25 heavy (non-hydrogen) atoms. The van der Waals surface area contributed by atoms with Gasteiger partial charge in [-0.1, -0.05) is 24.3 Å². The Bertz CT molecular complexity index is 779. The number of hydrogen-bond donors (Lipinski definition) is 1. The normalized spacial score (nSPS) is 14.8. The van der Waals surface area contributed by atoms with Crippen molar-refractivity contribution in [1.29, 1.82) is 0 Å². The minimum Gasteiger partial charge on any atom is -0.350 e. The molecule has 0 bridgehead atoms. The summed E-state index contributed by atoms with van der Waals surface area (Å²) in [5.74, 6) is -0.0317. The lowest BCUT2D eigenvalue weighted by atomic mass is 10.1. The minimum atomic E-state index is -0.303. The van der Waals surface area contributed by atoms with Crippen LogP contribution in [-0.2, 0) is 9.59 Å². The van der Waals surface area contributed by atoms with E-state index in [1.165, 1.54) is 23.9 Å². The maximum Gasteiger partial charge on any atom is 0.237 e. The molecule has 3 rings (SSSR count). The molecule has 1 N–H and O–H groups in total. The number of hydrogen-bond acceptors (Lipinski definition) is 3. The van der Waals surface area contributed by atoms with Crippen LogP contribution in [-0.4, -0.2) is 24.1 Å². The Hall–Kier alpha value is -2.34. The number of rotatable bonds is 5. The summed E-state index contributed by atoms with van der Waals surface area (Å²) >= 11 is 1.52. The third kappa shape index (κ3) is 4.20. The standard InChI is InChI=1S/C19H19FN2O2S/c1-13(14-6-8-15(20)9-7-14)21-18(23)10-11-22-16-4-2-3-5-17(16)25-12-19(22)24/h2-9,13H,10-12H2,1H3,(H,21,23)/t13-/m0/s1. The van der Waals surface area contributed by atoms with Gasteiger partial charge in [-0.3, -0.25) is 9.59 Å². The molecule has 2 aromatic carbocycles. The van der Waals surface area contributed by atoms with Crippen molar-refractivity contribution in [2.75, 3.05) is 17.2 Å². The zero-order valence-corrected chi connectivity index (χ0v) is 14.7. The van der Waals surface area contributed by atoms with Crippen LogP contribution in [0.25, 0.3) is 0 Å². The van der Waals surface area contributed by atoms with E-state index in [1.54, 1.807) is 17.0 Å². The molecule has 2 aromatic rings. The van der Waals surface area contributed by atoms with Gasteiger partial charge in [-0.25, -0.2) is 4.39 Å². The number of para-hydroxylation sites is 1. The van der Waals surface area contributed by atoms with Gasteiger partial charge in [0.05, 0.1) is 17.5 Å². The molecule has 0 saturated carbocycles. The van der Waals surface area contributed by atoms with E-state index < -0.39 is 0 Å². The summed E-state index contributed by atoms with van der Waals surface area (Å²) < 4.78 is 13.0. The molecule has 4 nitrogen and oxygen atoms in total. The molecule has 0 saturated heterocycles. The topological polar surface area (TPSA) is 49.4 Å². The van der Waals surface area contributed by atoms with Crippen LogP contribution in [0.15, 0.2) is 53.4 Å². The second-order valence-corrected chi connectivity index (χ2v) is 6.91. The van der Waals surface area contributed by atoms with E-state index in [9.17, 15) is 14.0 Å². The Balaban J connectivity index is 1.59. The Morgan fingerprint density at radius 3 is 2.72 bits per heavy atom. The first-order chi connectivity index (χ1) is 12.0. The predicted octanol–water partition coefficient (Wildman–Crippen LogP) is 3.53. The van der Waals surface area contributed by atoms with Crippen LogP contribution >= 0.6 is 11.8 Å². The maximum atomic E-state index is 13.0. The number of amides is 2. The van der Waals surface area contributed by atoms with E-state index in [1.807, 2.05) is 31.2 Å². The fourth-order valence-corrected chi connectivity index (χ4v) is 3.70. The van der Waals surface area contributed by atoms with E-state index in [0.717, 1.165) is 16.1 Å². The lowest BCUT2D eigenvalue weighted by Crippen LogP contribution is -2.38. The first-order valence-corrected chi connectivity index (χ1v) is 9.10. The number of nitrogens with one attached hydrogen (secondary N) is 1. The van der Waals surface area contributed by atoms with Crippen molar-refractivity contribution in [2.24, 2.45) is 0 Å². The van der Waals surface area contributed by atoms with Gasteiger partial charge in [-0.15, -0.1) is 11.8 Å². The molecule has 1 heterocycles. The average Bonchev–Trinajstić information content (AvgIpc) is 2.61. The highest BCUT2D eigenvalue weighted by molar-refractivity contribution is 8.00. The van der Waals surface area contributed by atoms with Gasteiger partial charge < -0.3 is 10.2 Å². The highest BCUT2D eigenvalue weighted by Crippen LogP contribution is 2.34.